The number of thiazole rings is 1. The summed E-state index contributed by atoms with van der Waals surface area (Å²) in [5.74, 6) is 0.194. The molecule has 1 aromatic heterocycles. The van der Waals surface area contributed by atoms with Gasteiger partial charge in [0.15, 0.2) is 10.0 Å². The minimum absolute atomic E-state index is 0.194. The van der Waals surface area contributed by atoms with E-state index in [1.165, 1.54) is 6.07 Å². The number of anilines is 2. The van der Waals surface area contributed by atoms with Crippen molar-refractivity contribution in [2.24, 2.45) is 0 Å². The Kier molecular flexibility index (Phi) is 5.54. The van der Waals surface area contributed by atoms with Crippen molar-refractivity contribution in [2.45, 2.75) is 26.4 Å². The SMILES string of the molecule is CC(C)(C)Oc1nc(NC(=O)Nc2ccc(Cl)c(Cl)c2)sc1C#N. The lowest BCUT2D eigenvalue weighted by Crippen LogP contribution is -2.23. The number of amides is 2. The van der Waals surface area contributed by atoms with Crippen molar-refractivity contribution >= 4 is 51.4 Å². The van der Waals surface area contributed by atoms with Crippen LogP contribution in [0.25, 0.3) is 0 Å². The molecule has 0 spiro atoms. The third-order valence-corrected chi connectivity index (χ3v) is 4.09. The minimum atomic E-state index is -0.520. The number of nitrogens with zero attached hydrogens (tertiary/aromatic N) is 2. The highest BCUT2D eigenvalue weighted by Crippen LogP contribution is 2.31. The molecule has 0 bridgehead atoms. The van der Waals surface area contributed by atoms with Crippen molar-refractivity contribution in [1.82, 2.24) is 4.98 Å². The predicted molar refractivity (Wildman–Crippen MR) is 96.3 cm³/mol. The fraction of sp³-hybridized carbons (Fsp3) is 0.267. The summed E-state index contributed by atoms with van der Waals surface area (Å²) < 4.78 is 5.61. The number of hydrogen-bond donors (Lipinski definition) is 2. The van der Waals surface area contributed by atoms with Crippen LogP contribution >= 0.6 is 34.5 Å². The van der Waals surface area contributed by atoms with Gasteiger partial charge < -0.3 is 10.1 Å². The smallest absolute Gasteiger partial charge is 0.325 e. The first-order valence-corrected chi connectivity index (χ1v) is 8.38. The van der Waals surface area contributed by atoms with Crippen LogP contribution in [0.15, 0.2) is 18.2 Å². The molecule has 0 radical (unpaired) electrons. The standard InChI is InChI=1S/C15H14Cl2N4O2S/c1-15(2,3)23-12-11(7-18)24-14(20-12)21-13(22)19-8-4-5-9(16)10(17)6-8/h4-6H,1-3H3,(H2,19,20,21,22). The summed E-state index contributed by atoms with van der Waals surface area (Å²) in [4.78, 5) is 16.4. The van der Waals surface area contributed by atoms with Gasteiger partial charge in [-0.15, -0.1) is 0 Å². The van der Waals surface area contributed by atoms with Crippen LogP contribution in [-0.4, -0.2) is 16.6 Å². The van der Waals surface area contributed by atoms with Crippen LogP contribution in [0.1, 0.15) is 25.6 Å². The van der Waals surface area contributed by atoms with E-state index in [-0.39, 0.29) is 15.9 Å². The number of aromatic nitrogens is 1. The van der Waals surface area contributed by atoms with Crippen molar-refractivity contribution in [3.63, 3.8) is 0 Å². The van der Waals surface area contributed by atoms with Crippen LogP contribution in [0.5, 0.6) is 5.88 Å². The summed E-state index contributed by atoms with van der Waals surface area (Å²) in [5.41, 5.74) is -0.0238. The maximum absolute atomic E-state index is 12.0. The van der Waals surface area contributed by atoms with E-state index in [0.717, 1.165) is 11.3 Å². The summed E-state index contributed by atoms with van der Waals surface area (Å²) in [6, 6.07) is 6.20. The second kappa shape index (κ2) is 7.26. The third kappa shape index (κ3) is 4.99. The average Bonchev–Trinajstić information content (AvgIpc) is 2.82. The number of urea groups is 1. The molecule has 0 aliphatic carbocycles. The van der Waals surface area contributed by atoms with Crippen LogP contribution < -0.4 is 15.4 Å². The van der Waals surface area contributed by atoms with Crippen LogP contribution in [0.2, 0.25) is 10.0 Å². The number of nitrogens with one attached hydrogen (secondary N) is 2. The number of hydrogen-bond acceptors (Lipinski definition) is 5. The third-order valence-electron chi connectivity index (χ3n) is 2.50. The zero-order valence-corrected chi connectivity index (χ0v) is 15.4. The Balaban J connectivity index is 2.09. The molecule has 2 N–H and O–H groups in total. The Labute approximate surface area is 153 Å². The summed E-state index contributed by atoms with van der Waals surface area (Å²) in [5, 5.41) is 15.3. The second-order valence-electron chi connectivity index (χ2n) is 5.69. The second-order valence-corrected chi connectivity index (χ2v) is 7.50. The largest absolute Gasteiger partial charge is 0.470 e. The van der Waals surface area contributed by atoms with Gasteiger partial charge in [0.05, 0.1) is 10.0 Å². The number of nitriles is 1. The summed E-state index contributed by atoms with van der Waals surface area (Å²) in [7, 11) is 0. The molecule has 1 aromatic carbocycles. The van der Waals surface area contributed by atoms with Crippen LogP contribution in [0.4, 0.5) is 15.6 Å². The summed E-state index contributed by atoms with van der Waals surface area (Å²) >= 11 is 12.7. The molecule has 126 valence electrons. The van der Waals surface area contributed by atoms with Crippen LogP contribution in [0, 0.1) is 11.3 Å². The van der Waals surface area contributed by atoms with Gasteiger partial charge >= 0.3 is 6.03 Å². The number of benzene rings is 1. The maximum Gasteiger partial charge on any atom is 0.325 e. The van der Waals surface area contributed by atoms with Gasteiger partial charge in [-0.25, -0.2) is 4.79 Å². The molecule has 2 aromatic rings. The molecule has 1 heterocycles. The Morgan fingerprint density at radius 2 is 2.00 bits per heavy atom. The predicted octanol–water partition coefficient (Wildman–Crippen LogP) is 5.14. The van der Waals surface area contributed by atoms with Gasteiger partial charge in [0.1, 0.15) is 11.7 Å². The molecule has 0 aliphatic rings. The molecular formula is C15H14Cl2N4O2S. The molecule has 0 saturated heterocycles. The topological polar surface area (TPSA) is 87.0 Å². The zero-order valence-electron chi connectivity index (χ0n) is 13.1. The first-order chi connectivity index (χ1) is 11.2. The monoisotopic (exact) mass is 384 g/mol. The van der Waals surface area contributed by atoms with Gasteiger partial charge in [-0.2, -0.15) is 10.2 Å². The van der Waals surface area contributed by atoms with Crippen molar-refractivity contribution in [3.8, 4) is 11.9 Å². The first kappa shape index (κ1) is 18.3. The van der Waals surface area contributed by atoms with Gasteiger partial charge in [0.25, 0.3) is 0 Å². The molecule has 0 aliphatic heterocycles. The van der Waals surface area contributed by atoms with Crippen LogP contribution in [-0.2, 0) is 0 Å². The molecule has 2 amide bonds. The quantitative estimate of drug-likeness (QED) is 0.766. The zero-order chi connectivity index (χ0) is 17.9. The molecule has 0 saturated carbocycles. The van der Waals surface area contributed by atoms with Gasteiger partial charge in [-0.05, 0) is 39.0 Å². The highest BCUT2D eigenvalue weighted by atomic mass is 35.5. The summed E-state index contributed by atoms with van der Waals surface area (Å²) in [6.07, 6.45) is 0. The molecule has 0 atom stereocenters. The minimum Gasteiger partial charge on any atom is -0.470 e. The fourth-order valence-electron chi connectivity index (χ4n) is 1.62. The van der Waals surface area contributed by atoms with Gasteiger partial charge in [0.2, 0.25) is 5.88 Å². The van der Waals surface area contributed by atoms with Crippen LogP contribution in [0.3, 0.4) is 0 Å². The highest BCUT2D eigenvalue weighted by Gasteiger charge is 2.20. The molecule has 6 nitrogen and oxygen atoms in total. The van der Waals surface area contributed by atoms with E-state index in [4.69, 9.17) is 33.2 Å². The van der Waals surface area contributed by atoms with E-state index >= 15 is 0 Å². The Morgan fingerprint density at radius 1 is 1.29 bits per heavy atom. The van der Waals surface area contributed by atoms with Crippen molar-refractivity contribution in [1.29, 1.82) is 5.26 Å². The van der Waals surface area contributed by atoms with Gasteiger partial charge in [-0.3, -0.25) is 5.32 Å². The molecule has 0 unspecified atom stereocenters. The number of halogens is 2. The van der Waals surface area contributed by atoms with E-state index < -0.39 is 11.6 Å². The van der Waals surface area contributed by atoms with Crippen molar-refractivity contribution in [3.05, 3.63) is 33.1 Å². The number of rotatable bonds is 3. The molecule has 2 rings (SSSR count). The van der Waals surface area contributed by atoms with Crippen molar-refractivity contribution < 1.29 is 9.53 Å². The van der Waals surface area contributed by atoms with Gasteiger partial charge in [-0.1, -0.05) is 34.5 Å². The normalized spacial score (nSPS) is 10.8. The van der Waals surface area contributed by atoms with E-state index in [0.29, 0.717) is 15.7 Å². The maximum atomic E-state index is 12.0. The highest BCUT2D eigenvalue weighted by molar-refractivity contribution is 7.16. The molecule has 24 heavy (non-hydrogen) atoms. The van der Waals surface area contributed by atoms with E-state index in [2.05, 4.69) is 15.6 Å². The van der Waals surface area contributed by atoms with Gasteiger partial charge in [0, 0.05) is 5.69 Å². The lowest BCUT2D eigenvalue weighted by Gasteiger charge is -2.19. The van der Waals surface area contributed by atoms with E-state index in [9.17, 15) is 4.79 Å². The average molecular weight is 385 g/mol. The molecule has 9 heteroatoms. The van der Waals surface area contributed by atoms with Crippen molar-refractivity contribution in [2.75, 3.05) is 10.6 Å². The van der Waals surface area contributed by atoms with E-state index in [1.54, 1.807) is 12.1 Å². The Morgan fingerprint density at radius 3 is 2.58 bits per heavy atom. The number of carbonyl (C=O) groups excluding carboxylic acids is 1. The number of carbonyl (C=O) groups is 1. The molecular weight excluding hydrogens is 371 g/mol. The number of ether oxygens (including phenoxy) is 1. The Bertz CT molecular complexity index is 809. The summed E-state index contributed by atoms with van der Waals surface area (Å²) in [6.45, 7) is 5.53. The lowest BCUT2D eigenvalue weighted by molar-refractivity contribution is 0.125. The lowest BCUT2D eigenvalue weighted by atomic mass is 10.2. The Hall–Kier alpha value is -2.01. The van der Waals surface area contributed by atoms with E-state index in [1.807, 2.05) is 26.8 Å². The molecule has 0 fully saturated rings. The fourth-order valence-corrected chi connectivity index (χ4v) is 2.61. The first-order valence-electron chi connectivity index (χ1n) is 6.81.